The zero-order valence-electron chi connectivity index (χ0n) is 6.98. The summed E-state index contributed by atoms with van der Waals surface area (Å²) in [6, 6.07) is 3.82. The Labute approximate surface area is 79.0 Å². The summed E-state index contributed by atoms with van der Waals surface area (Å²) in [6.45, 7) is 1.73. The largest absolute Gasteiger partial charge is 0.440 e. The van der Waals surface area contributed by atoms with Crippen molar-refractivity contribution >= 4 is 17.6 Å². The molecule has 0 fully saturated rings. The predicted molar refractivity (Wildman–Crippen MR) is 49.9 cm³/mol. The number of aromatic nitrogens is 1. The number of aldehydes is 1. The number of hydrogen-bond donors (Lipinski definition) is 0. The van der Waals surface area contributed by atoms with Crippen molar-refractivity contribution < 1.29 is 9.21 Å². The van der Waals surface area contributed by atoms with Gasteiger partial charge < -0.3 is 4.42 Å². The Kier molecular flexibility index (Phi) is 1.98. The molecule has 0 saturated heterocycles. The first-order valence-electron chi connectivity index (χ1n) is 3.78. The fourth-order valence-electron chi connectivity index (χ4n) is 1.02. The minimum Gasteiger partial charge on any atom is -0.440 e. The monoisotopic (exact) mass is 193 g/mol. The van der Waals surface area contributed by atoms with Crippen LogP contribution in [0.2, 0.25) is 0 Å². The molecule has 0 N–H and O–H groups in total. The molecule has 0 aromatic carbocycles. The number of nitrogens with zero attached hydrogens (tertiary/aromatic N) is 1. The van der Waals surface area contributed by atoms with Crippen molar-refractivity contribution in [2.24, 2.45) is 0 Å². The van der Waals surface area contributed by atoms with E-state index in [1.165, 1.54) is 11.3 Å². The fraction of sp³-hybridized carbons (Fsp3) is 0.111. The highest BCUT2D eigenvalue weighted by Gasteiger charge is 2.10. The molecule has 3 nitrogen and oxygen atoms in total. The standard InChI is InChI=1S/C9H7NO2S/c1-6-7(5-11)10-9(12-6)8-3-2-4-13-8/h2-5H,1H3. The van der Waals surface area contributed by atoms with Crippen LogP contribution in [-0.2, 0) is 0 Å². The van der Waals surface area contributed by atoms with Gasteiger partial charge in [-0.25, -0.2) is 4.98 Å². The van der Waals surface area contributed by atoms with Gasteiger partial charge in [-0.2, -0.15) is 0 Å². The summed E-state index contributed by atoms with van der Waals surface area (Å²) < 4.78 is 5.32. The molecule has 0 atom stereocenters. The van der Waals surface area contributed by atoms with Crippen molar-refractivity contribution in [2.45, 2.75) is 6.92 Å². The quantitative estimate of drug-likeness (QED) is 0.688. The third kappa shape index (κ3) is 1.40. The number of hydrogen-bond acceptors (Lipinski definition) is 4. The molecular weight excluding hydrogens is 186 g/mol. The lowest BCUT2D eigenvalue weighted by Gasteiger charge is -1.84. The summed E-state index contributed by atoms with van der Waals surface area (Å²) in [7, 11) is 0. The van der Waals surface area contributed by atoms with Crippen LogP contribution < -0.4 is 0 Å². The van der Waals surface area contributed by atoms with Crippen molar-refractivity contribution in [3.8, 4) is 10.8 Å². The zero-order valence-corrected chi connectivity index (χ0v) is 7.80. The summed E-state index contributed by atoms with van der Waals surface area (Å²) in [4.78, 5) is 15.5. The molecular formula is C9H7NO2S. The SMILES string of the molecule is Cc1oc(-c2cccs2)nc1C=O. The molecule has 66 valence electrons. The summed E-state index contributed by atoms with van der Waals surface area (Å²) in [5.74, 6) is 1.09. The molecule has 2 aromatic heterocycles. The Balaban J connectivity index is 2.48. The number of oxazole rings is 1. The second-order valence-corrected chi connectivity index (χ2v) is 3.50. The van der Waals surface area contributed by atoms with Crippen molar-refractivity contribution in [3.05, 3.63) is 29.0 Å². The van der Waals surface area contributed by atoms with Crippen molar-refractivity contribution in [1.82, 2.24) is 4.98 Å². The molecule has 0 spiro atoms. The van der Waals surface area contributed by atoms with Crippen molar-refractivity contribution in [1.29, 1.82) is 0 Å². The normalized spacial score (nSPS) is 10.2. The molecule has 0 bridgehead atoms. The Morgan fingerprint density at radius 1 is 1.62 bits per heavy atom. The van der Waals surface area contributed by atoms with Gasteiger partial charge >= 0.3 is 0 Å². The average molecular weight is 193 g/mol. The van der Waals surface area contributed by atoms with Gasteiger partial charge in [-0.05, 0) is 18.4 Å². The molecule has 2 rings (SSSR count). The lowest BCUT2D eigenvalue weighted by atomic mass is 10.4. The Bertz CT molecular complexity index is 417. The van der Waals surface area contributed by atoms with E-state index in [-0.39, 0.29) is 0 Å². The Hall–Kier alpha value is -1.42. The van der Waals surface area contributed by atoms with Crippen LogP contribution >= 0.6 is 11.3 Å². The van der Waals surface area contributed by atoms with Crippen molar-refractivity contribution in [3.63, 3.8) is 0 Å². The van der Waals surface area contributed by atoms with Crippen LogP contribution in [0.3, 0.4) is 0 Å². The molecule has 0 amide bonds. The molecule has 0 aliphatic rings. The number of rotatable bonds is 2. The molecule has 0 saturated carbocycles. The van der Waals surface area contributed by atoms with E-state index in [9.17, 15) is 4.79 Å². The third-order valence-electron chi connectivity index (χ3n) is 1.68. The van der Waals surface area contributed by atoms with Gasteiger partial charge in [0.2, 0.25) is 5.89 Å². The average Bonchev–Trinajstić information content (AvgIpc) is 2.71. The molecule has 0 radical (unpaired) electrons. The van der Waals surface area contributed by atoms with Gasteiger partial charge in [-0.15, -0.1) is 11.3 Å². The highest BCUT2D eigenvalue weighted by Crippen LogP contribution is 2.25. The van der Waals surface area contributed by atoms with Gasteiger partial charge in [-0.3, -0.25) is 4.79 Å². The zero-order chi connectivity index (χ0) is 9.26. The van der Waals surface area contributed by atoms with E-state index in [2.05, 4.69) is 4.98 Å². The van der Waals surface area contributed by atoms with E-state index < -0.39 is 0 Å². The molecule has 0 unspecified atom stereocenters. The maximum atomic E-state index is 10.5. The highest BCUT2D eigenvalue weighted by molar-refractivity contribution is 7.13. The summed E-state index contributed by atoms with van der Waals surface area (Å²) in [5, 5.41) is 1.94. The maximum absolute atomic E-state index is 10.5. The number of carbonyl (C=O) groups excluding carboxylic acids is 1. The van der Waals surface area contributed by atoms with Crippen LogP contribution in [0.4, 0.5) is 0 Å². The second kappa shape index (κ2) is 3.14. The first kappa shape index (κ1) is 8.19. The van der Waals surface area contributed by atoms with Gasteiger partial charge in [0.1, 0.15) is 11.5 Å². The smallest absolute Gasteiger partial charge is 0.237 e. The first-order chi connectivity index (χ1) is 6.31. The highest BCUT2D eigenvalue weighted by atomic mass is 32.1. The van der Waals surface area contributed by atoms with Crippen LogP contribution in [0.5, 0.6) is 0 Å². The molecule has 13 heavy (non-hydrogen) atoms. The minimum atomic E-state index is 0.378. The van der Waals surface area contributed by atoms with Gasteiger partial charge in [0, 0.05) is 0 Å². The maximum Gasteiger partial charge on any atom is 0.237 e. The second-order valence-electron chi connectivity index (χ2n) is 2.56. The fourth-order valence-corrected chi connectivity index (χ4v) is 1.67. The number of aryl methyl sites for hydroxylation is 1. The lowest BCUT2D eigenvalue weighted by molar-refractivity contribution is 0.111. The van der Waals surface area contributed by atoms with Crippen LogP contribution in [0.25, 0.3) is 10.8 Å². The van der Waals surface area contributed by atoms with Crippen molar-refractivity contribution in [2.75, 3.05) is 0 Å². The van der Waals surface area contributed by atoms with E-state index in [1.54, 1.807) is 6.92 Å². The third-order valence-corrected chi connectivity index (χ3v) is 2.53. The number of thiophene rings is 1. The van der Waals surface area contributed by atoms with Gasteiger partial charge in [0.05, 0.1) is 4.88 Å². The molecule has 4 heteroatoms. The first-order valence-corrected chi connectivity index (χ1v) is 4.65. The molecule has 0 aliphatic carbocycles. The molecule has 2 heterocycles. The minimum absolute atomic E-state index is 0.378. The van der Waals surface area contributed by atoms with Gasteiger partial charge in [-0.1, -0.05) is 6.07 Å². The summed E-state index contributed by atoms with van der Waals surface area (Å²) in [5.41, 5.74) is 0.378. The van der Waals surface area contributed by atoms with E-state index in [4.69, 9.17) is 4.42 Å². The van der Waals surface area contributed by atoms with Gasteiger partial charge in [0.15, 0.2) is 6.29 Å². The summed E-state index contributed by atoms with van der Waals surface area (Å²) in [6.07, 6.45) is 0.704. The summed E-state index contributed by atoms with van der Waals surface area (Å²) >= 11 is 1.54. The van der Waals surface area contributed by atoms with Gasteiger partial charge in [0.25, 0.3) is 0 Å². The lowest BCUT2D eigenvalue weighted by Crippen LogP contribution is -1.80. The topological polar surface area (TPSA) is 43.1 Å². The van der Waals surface area contributed by atoms with E-state index in [0.29, 0.717) is 23.6 Å². The number of carbonyl (C=O) groups is 1. The van der Waals surface area contributed by atoms with E-state index in [0.717, 1.165) is 4.88 Å². The molecule has 0 aliphatic heterocycles. The van der Waals surface area contributed by atoms with Crippen LogP contribution in [-0.4, -0.2) is 11.3 Å². The van der Waals surface area contributed by atoms with Crippen LogP contribution in [0.1, 0.15) is 16.2 Å². The Morgan fingerprint density at radius 3 is 3.00 bits per heavy atom. The van der Waals surface area contributed by atoms with Crippen LogP contribution in [0, 0.1) is 6.92 Å². The van der Waals surface area contributed by atoms with Crippen LogP contribution in [0.15, 0.2) is 21.9 Å². The molecule has 2 aromatic rings. The predicted octanol–water partition coefficient (Wildman–Crippen LogP) is 2.52. The van der Waals surface area contributed by atoms with E-state index in [1.807, 2.05) is 17.5 Å². The Morgan fingerprint density at radius 2 is 2.46 bits per heavy atom. The van der Waals surface area contributed by atoms with E-state index >= 15 is 0 Å².